The minimum absolute atomic E-state index is 0.00143. The average molecular weight is 321 g/mol. The highest BCUT2D eigenvalue weighted by molar-refractivity contribution is 5.81. The Morgan fingerprint density at radius 2 is 2.04 bits per heavy atom. The Morgan fingerprint density at radius 3 is 2.74 bits per heavy atom. The molecule has 23 heavy (non-hydrogen) atoms. The van der Waals surface area contributed by atoms with Crippen molar-refractivity contribution in [1.29, 1.82) is 0 Å². The smallest absolute Gasteiger partial charge is 0.306 e. The molecule has 1 aliphatic carbocycles. The summed E-state index contributed by atoms with van der Waals surface area (Å²) in [6, 6.07) is 6.22. The van der Waals surface area contributed by atoms with Crippen LogP contribution < -0.4 is 0 Å². The van der Waals surface area contributed by atoms with Crippen molar-refractivity contribution in [2.24, 2.45) is 11.8 Å². The predicted octanol–water partition coefficient (Wildman–Crippen LogP) is 2.23. The maximum atomic E-state index is 13.4. The normalized spacial score (nSPS) is 27.9. The van der Waals surface area contributed by atoms with Gasteiger partial charge in [0.15, 0.2) is 0 Å². The summed E-state index contributed by atoms with van der Waals surface area (Å²) < 4.78 is 19.0. The van der Waals surface area contributed by atoms with E-state index in [9.17, 15) is 14.0 Å². The first-order valence-corrected chi connectivity index (χ1v) is 7.93. The van der Waals surface area contributed by atoms with Crippen LogP contribution >= 0.6 is 0 Å². The lowest BCUT2D eigenvalue weighted by atomic mass is 10.0. The molecule has 1 aromatic carbocycles. The van der Waals surface area contributed by atoms with E-state index in [0.717, 1.165) is 5.56 Å². The average Bonchev–Trinajstić information content (AvgIpc) is 3.04. The number of aliphatic carboxylic acids is 1. The molecule has 1 aromatic rings. The van der Waals surface area contributed by atoms with E-state index in [1.165, 1.54) is 12.1 Å². The molecule has 124 valence electrons. The Kier molecular flexibility index (Phi) is 4.61. The Hall–Kier alpha value is -1.95. The Balaban J connectivity index is 1.64. The van der Waals surface area contributed by atoms with E-state index in [1.807, 2.05) is 0 Å². The molecule has 6 heteroatoms. The molecule has 1 aliphatic heterocycles. The first-order chi connectivity index (χ1) is 11.0. The summed E-state index contributed by atoms with van der Waals surface area (Å²) >= 11 is 0. The molecule has 0 spiro atoms. The van der Waals surface area contributed by atoms with Gasteiger partial charge in [-0.1, -0.05) is 12.1 Å². The summed E-state index contributed by atoms with van der Waals surface area (Å²) in [6.07, 6.45) is 1.26. The summed E-state index contributed by atoms with van der Waals surface area (Å²) in [6.45, 7) is 1.29. The van der Waals surface area contributed by atoms with Gasteiger partial charge in [0.2, 0.25) is 5.91 Å². The zero-order valence-electron chi connectivity index (χ0n) is 12.8. The molecule has 3 rings (SSSR count). The lowest BCUT2D eigenvalue weighted by Crippen LogP contribution is -2.44. The number of halogens is 1. The number of carbonyl (C=O) groups is 2. The van der Waals surface area contributed by atoms with Crippen LogP contribution in [0.25, 0.3) is 0 Å². The van der Waals surface area contributed by atoms with Crippen molar-refractivity contribution >= 4 is 11.9 Å². The zero-order valence-corrected chi connectivity index (χ0v) is 12.8. The van der Waals surface area contributed by atoms with Gasteiger partial charge in [0.1, 0.15) is 11.9 Å². The lowest BCUT2D eigenvalue weighted by molar-refractivity contribution is -0.144. The molecule has 3 atom stereocenters. The number of hydrogen-bond acceptors (Lipinski definition) is 3. The van der Waals surface area contributed by atoms with Crippen molar-refractivity contribution < 1.29 is 23.8 Å². The molecule has 0 aromatic heterocycles. The molecule has 1 saturated carbocycles. The number of carboxylic acids is 1. The summed E-state index contributed by atoms with van der Waals surface area (Å²) in [5.41, 5.74) is 0.720. The lowest BCUT2D eigenvalue weighted by Gasteiger charge is -2.34. The number of hydrogen-bond donors (Lipinski definition) is 1. The van der Waals surface area contributed by atoms with Gasteiger partial charge in [-0.3, -0.25) is 9.59 Å². The topological polar surface area (TPSA) is 66.8 Å². The third kappa shape index (κ3) is 3.52. The summed E-state index contributed by atoms with van der Waals surface area (Å²) in [5, 5.41) is 9.06. The monoisotopic (exact) mass is 321 g/mol. The predicted molar refractivity (Wildman–Crippen MR) is 80.1 cm³/mol. The highest BCUT2D eigenvalue weighted by Crippen LogP contribution is 2.33. The van der Waals surface area contributed by atoms with Crippen LogP contribution in [0.2, 0.25) is 0 Å². The first-order valence-electron chi connectivity index (χ1n) is 7.93. The fourth-order valence-corrected chi connectivity index (χ4v) is 3.45. The number of nitrogens with zero attached hydrogens (tertiary/aromatic N) is 1. The fraction of sp³-hybridized carbons (Fsp3) is 0.529. The van der Waals surface area contributed by atoms with E-state index in [-0.39, 0.29) is 23.7 Å². The maximum absolute atomic E-state index is 13.4. The van der Waals surface area contributed by atoms with Crippen LogP contribution in [0.1, 0.15) is 30.9 Å². The highest BCUT2D eigenvalue weighted by atomic mass is 19.1. The largest absolute Gasteiger partial charge is 0.481 e. The quantitative estimate of drug-likeness (QED) is 0.927. The van der Waals surface area contributed by atoms with E-state index in [0.29, 0.717) is 39.0 Å². The molecule has 0 bridgehead atoms. The molecule has 1 saturated heterocycles. The molecular weight excluding hydrogens is 301 g/mol. The number of rotatable bonds is 3. The number of carbonyl (C=O) groups excluding carboxylic acids is 1. The molecule has 1 amide bonds. The van der Waals surface area contributed by atoms with Crippen LogP contribution in [-0.4, -0.2) is 41.6 Å². The highest BCUT2D eigenvalue weighted by Gasteiger charge is 2.37. The SMILES string of the molecule is O=C(O)[C@@H]1CC[C@H](C(=O)N2CCOC(c3cccc(F)c3)C2)C1. The fourth-order valence-electron chi connectivity index (χ4n) is 3.45. The minimum atomic E-state index is -0.820. The van der Waals surface area contributed by atoms with Gasteiger partial charge < -0.3 is 14.7 Å². The van der Waals surface area contributed by atoms with Crippen LogP contribution in [-0.2, 0) is 14.3 Å². The summed E-state index contributed by atoms with van der Waals surface area (Å²) in [5.74, 6) is -1.78. The standard InChI is InChI=1S/C17H20FNO4/c18-14-3-1-2-11(9-14)15-10-19(6-7-23-15)16(20)12-4-5-13(8-12)17(21)22/h1-3,9,12-13,15H,4-8,10H2,(H,21,22)/t12-,13+,15?/m0/s1. The van der Waals surface area contributed by atoms with E-state index in [1.54, 1.807) is 17.0 Å². The molecule has 2 aliphatic rings. The Labute approximate surface area is 134 Å². The molecule has 1 heterocycles. The van der Waals surface area contributed by atoms with Crippen LogP contribution in [0.4, 0.5) is 4.39 Å². The molecule has 1 N–H and O–H groups in total. The van der Waals surface area contributed by atoms with Crippen LogP contribution in [0, 0.1) is 17.7 Å². The van der Waals surface area contributed by atoms with Crippen molar-refractivity contribution in [2.45, 2.75) is 25.4 Å². The maximum Gasteiger partial charge on any atom is 0.306 e. The molecule has 1 unspecified atom stereocenters. The van der Waals surface area contributed by atoms with Gasteiger partial charge in [-0.25, -0.2) is 4.39 Å². The van der Waals surface area contributed by atoms with Crippen molar-refractivity contribution in [3.63, 3.8) is 0 Å². The summed E-state index contributed by atoms with van der Waals surface area (Å²) in [4.78, 5) is 25.4. The van der Waals surface area contributed by atoms with Crippen LogP contribution in [0.15, 0.2) is 24.3 Å². The van der Waals surface area contributed by atoms with Gasteiger partial charge in [-0.2, -0.15) is 0 Å². The minimum Gasteiger partial charge on any atom is -0.481 e. The molecule has 0 radical (unpaired) electrons. The van der Waals surface area contributed by atoms with Gasteiger partial charge in [-0.15, -0.1) is 0 Å². The van der Waals surface area contributed by atoms with Gasteiger partial charge in [0.05, 0.1) is 19.1 Å². The second kappa shape index (κ2) is 6.66. The zero-order chi connectivity index (χ0) is 16.4. The number of amides is 1. The van der Waals surface area contributed by atoms with Crippen molar-refractivity contribution in [2.75, 3.05) is 19.7 Å². The third-order valence-corrected chi connectivity index (χ3v) is 4.73. The second-order valence-corrected chi connectivity index (χ2v) is 6.24. The molecule has 2 fully saturated rings. The second-order valence-electron chi connectivity index (χ2n) is 6.24. The van der Waals surface area contributed by atoms with E-state index in [2.05, 4.69) is 0 Å². The van der Waals surface area contributed by atoms with Gasteiger partial charge >= 0.3 is 5.97 Å². The first kappa shape index (κ1) is 15.9. The van der Waals surface area contributed by atoms with Crippen LogP contribution in [0.3, 0.4) is 0 Å². The number of morpholine rings is 1. The van der Waals surface area contributed by atoms with Gasteiger partial charge in [0, 0.05) is 12.5 Å². The Bertz CT molecular complexity index is 606. The number of ether oxygens (including phenoxy) is 1. The van der Waals surface area contributed by atoms with Crippen molar-refractivity contribution in [3.8, 4) is 0 Å². The van der Waals surface area contributed by atoms with Gasteiger partial charge in [0.25, 0.3) is 0 Å². The third-order valence-electron chi connectivity index (χ3n) is 4.73. The summed E-state index contributed by atoms with van der Waals surface area (Å²) in [7, 11) is 0. The van der Waals surface area contributed by atoms with Crippen molar-refractivity contribution in [1.82, 2.24) is 4.90 Å². The number of benzene rings is 1. The van der Waals surface area contributed by atoms with E-state index in [4.69, 9.17) is 9.84 Å². The number of carboxylic acid groups (broad SMARTS) is 1. The molecular formula is C17H20FNO4. The van der Waals surface area contributed by atoms with Gasteiger partial charge in [-0.05, 0) is 37.0 Å². The van der Waals surface area contributed by atoms with Crippen molar-refractivity contribution in [3.05, 3.63) is 35.6 Å². The Morgan fingerprint density at radius 1 is 1.26 bits per heavy atom. The van der Waals surface area contributed by atoms with E-state index >= 15 is 0 Å². The van der Waals surface area contributed by atoms with E-state index < -0.39 is 11.9 Å². The molecule has 5 nitrogen and oxygen atoms in total. The van der Waals surface area contributed by atoms with Crippen LogP contribution in [0.5, 0.6) is 0 Å².